The van der Waals surface area contributed by atoms with Crippen LogP contribution in [0.5, 0.6) is 0 Å². The van der Waals surface area contributed by atoms with Crippen LogP contribution in [0.1, 0.15) is 12.8 Å². The Kier molecular flexibility index (Phi) is 2.32. The quantitative estimate of drug-likeness (QED) is 0.606. The summed E-state index contributed by atoms with van der Waals surface area (Å²) in [5.74, 6) is -0.625. The maximum atomic E-state index is 12.3. The number of hydrogen-bond donors (Lipinski definition) is 0. The van der Waals surface area contributed by atoms with Gasteiger partial charge in [0, 0.05) is 7.05 Å². The van der Waals surface area contributed by atoms with Crippen LogP contribution in [0.2, 0.25) is 0 Å². The lowest BCUT2D eigenvalue weighted by Gasteiger charge is -2.20. The highest BCUT2D eigenvalue weighted by Gasteiger charge is 2.58. The van der Waals surface area contributed by atoms with Crippen molar-refractivity contribution in [3.63, 3.8) is 0 Å². The molecule has 0 bridgehead atoms. The summed E-state index contributed by atoms with van der Waals surface area (Å²) in [5, 5.41) is 0.860. The van der Waals surface area contributed by atoms with E-state index in [9.17, 15) is 13.6 Å². The molecule has 12 heavy (non-hydrogen) atoms. The lowest BCUT2D eigenvalue weighted by molar-refractivity contribution is -0.180. The molecule has 1 rings (SSSR count). The topological polar surface area (TPSA) is 29.5 Å². The lowest BCUT2D eigenvalue weighted by Crippen LogP contribution is -2.37. The van der Waals surface area contributed by atoms with E-state index in [0.717, 1.165) is 5.06 Å². The molecule has 0 spiro atoms. The number of hydroxylamine groups is 2. The largest absolute Gasteiger partial charge is 0.275 e. The van der Waals surface area contributed by atoms with Crippen molar-refractivity contribution < 1.29 is 18.4 Å². The maximum absolute atomic E-state index is 12.3. The average Bonchev–Trinajstić information content (AvgIpc) is 2.81. The van der Waals surface area contributed by atoms with Crippen molar-refractivity contribution >= 4 is 5.91 Å². The van der Waals surface area contributed by atoms with Crippen LogP contribution in [0.15, 0.2) is 0 Å². The number of hydrogen-bond acceptors (Lipinski definition) is 2. The number of nitrogens with zero attached hydrogens (tertiary/aromatic N) is 1. The molecule has 0 aromatic carbocycles. The fourth-order valence-corrected chi connectivity index (χ4v) is 1.06. The number of amides is 1. The van der Waals surface area contributed by atoms with Gasteiger partial charge in [0.2, 0.25) is 0 Å². The van der Waals surface area contributed by atoms with Gasteiger partial charge in [-0.25, -0.2) is 13.8 Å². The third-order valence-corrected chi connectivity index (χ3v) is 2.19. The van der Waals surface area contributed by atoms with E-state index in [0.29, 0.717) is 0 Å². The van der Waals surface area contributed by atoms with Gasteiger partial charge in [0.25, 0.3) is 12.3 Å². The highest BCUT2D eigenvalue weighted by Crippen LogP contribution is 2.51. The average molecular weight is 179 g/mol. The summed E-state index contributed by atoms with van der Waals surface area (Å²) in [7, 11) is 2.62. The molecule has 0 unspecified atom stereocenters. The van der Waals surface area contributed by atoms with Crippen LogP contribution in [-0.2, 0) is 9.63 Å². The van der Waals surface area contributed by atoms with Gasteiger partial charge in [-0.2, -0.15) is 0 Å². The van der Waals surface area contributed by atoms with Crippen LogP contribution in [0.4, 0.5) is 8.78 Å². The molecular weight excluding hydrogens is 168 g/mol. The van der Waals surface area contributed by atoms with Gasteiger partial charge >= 0.3 is 0 Å². The molecule has 5 heteroatoms. The van der Waals surface area contributed by atoms with Crippen molar-refractivity contribution in [1.29, 1.82) is 0 Å². The minimum Gasteiger partial charge on any atom is -0.275 e. The second kappa shape index (κ2) is 2.97. The Morgan fingerprint density at radius 1 is 1.58 bits per heavy atom. The summed E-state index contributed by atoms with van der Waals surface area (Å²) in [6.07, 6.45) is -2.06. The van der Waals surface area contributed by atoms with E-state index in [1.807, 2.05) is 0 Å². The normalized spacial score (nSPS) is 19.4. The van der Waals surface area contributed by atoms with Gasteiger partial charge in [0.05, 0.1) is 7.11 Å². The van der Waals surface area contributed by atoms with Gasteiger partial charge in [0.1, 0.15) is 5.41 Å². The zero-order chi connectivity index (χ0) is 9.35. The summed E-state index contributed by atoms with van der Waals surface area (Å²) in [5.41, 5.74) is -1.44. The number of carbonyl (C=O) groups is 1. The Morgan fingerprint density at radius 3 is 2.33 bits per heavy atom. The van der Waals surface area contributed by atoms with Gasteiger partial charge in [-0.05, 0) is 12.8 Å². The van der Waals surface area contributed by atoms with Crippen molar-refractivity contribution in [2.45, 2.75) is 19.3 Å². The third-order valence-electron chi connectivity index (χ3n) is 2.19. The van der Waals surface area contributed by atoms with Crippen molar-refractivity contribution in [3.8, 4) is 0 Å². The predicted octanol–water partition coefficient (Wildman–Crippen LogP) is 1.05. The smallest absolute Gasteiger partial charge is 0.257 e. The molecule has 1 aliphatic carbocycles. The molecule has 1 amide bonds. The van der Waals surface area contributed by atoms with Crippen LogP contribution in [0.25, 0.3) is 0 Å². The minimum atomic E-state index is -2.58. The van der Waals surface area contributed by atoms with E-state index in [2.05, 4.69) is 4.84 Å². The molecule has 0 N–H and O–H groups in total. The van der Waals surface area contributed by atoms with E-state index in [1.165, 1.54) is 14.2 Å². The van der Waals surface area contributed by atoms with Crippen LogP contribution in [0, 0.1) is 5.41 Å². The Hall–Kier alpha value is -0.710. The Bertz CT molecular complexity index is 192. The van der Waals surface area contributed by atoms with E-state index in [-0.39, 0.29) is 12.8 Å². The van der Waals surface area contributed by atoms with Crippen molar-refractivity contribution in [1.82, 2.24) is 5.06 Å². The molecule has 0 aromatic heterocycles. The lowest BCUT2D eigenvalue weighted by atomic mass is 10.1. The number of halogens is 2. The summed E-state index contributed by atoms with van der Waals surface area (Å²) >= 11 is 0. The summed E-state index contributed by atoms with van der Waals surface area (Å²) < 4.78 is 24.6. The molecular formula is C7H11F2NO2. The molecule has 70 valence electrons. The summed E-state index contributed by atoms with van der Waals surface area (Å²) in [6, 6.07) is 0. The van der Waals surface area contributed by atoms with Gasteiger partial charge in [0.15, 0.2) is 0 Å². The second-order valence-electron chi connectivity index (χ2n) is 2.94. The molecule has 1 fully saturated rings. The Morgan fingerprint density at radius 2 is 2.08 bits per heavy atom. The van der Waals surface area contributed by atoms with Crippen LogP contribution < -0.4 is 0 Å². The van der Waals surface area contributed by atoms with Crippen molar-refractivity contribution in [3.05, 3.63) is 0 Å². The van der Waals surface area contributed by atoms with E-state index < -0.39 is 17.7 Å². The molecule has 1 aliphatic rings. The summed E-state index contributed by atoms with van der Waals surface area (Å²) in [6.45, 7) is 0. The summed E-state index contributed by atoms with van der Waals surface area (Å²) in [4.78, 5) is 15.8. The number of carbonyl (C=O) groups excluding carboxylic acids is 1. The Labute approximate surface area is 69.2 Å². The standard InChI is InChI=1S/C7H11F2NO2/c1-10(12-2)6(11)7(3-4-7)5(8)9/h5H,3-4H2,1-2H3. The molecule has 0 radical (unpaired) electrons. The van der Waals surface area contributed by atoms with Gasteiger partial charge in [-0.15, -0.1) is 0 Å². The predicted molar refractivity (Wildman–Crippen MR) is 37.5 cm³/mol. The highest BCUT2D eigenvalue weighted by atomic mass is 19.3. The highest BCUT2D eigenvalue weighted by molar-refractivity contribution is 5.84. The SMILES string of the molecule is CON(C)C(=O)C1(C(F)F)CC1. The van der Waals surface area contributed by atoms with Gasteiger partial charge in [-0.3, -0.25) is 9.63 Å². The van der Waals surface area contributed by atoms with E-state index in [1.54, 1.807) is 0 Å². The first-order valence-electron chi connectivity index (χ1n) is 3.65. The van der Waals surface area contributed by atoms with Crippen LogP contribution in [-0.4, -0.2) is 31.6 Å². The van der Waals surface area contributed by atoms with Gasteiger partial charge in [-0.1, -0.05) is 0 Å². The first-order valence-corrected chi connectivity index (χ1v) is 3.65. The third kappa shape index (κ3) is 1.29. The molecule has 0 heterocycles. The minimum absolute atomic E-state index is 0.261. The molecule has 0 atom stereocenters. The zero-order valence-electron chi connectivity index (χ0n) is 7.01. The molecule has 0 aliphatic heterocycles. The van der Waals surface area contributed by atoms with Crippen LogP contribution >= 0.6 is 0 Å². The monoisotopic (exact) mass is 179 g/mol. The Balaban J connectivity index is 2.63. The fourth-order valence-electron chi connectivity index (χ4n) is 1.06. The van der Waals surface area contributed by atoms with E-state index in [4.69, 9.17) is 0 Å². The molecule has 0 aromatic rings. The number of rotatable bonds is 3. The molecule has 3 nitrogen and oxygen atoms in total. The molecule has 0 saturated heterocycles. The van der Waals surface area contributed by atoms with Crippen molar-refractivity contribution in [2.24, 2.45) is 5.41 Å². The van der Waals surface area contributed by atoms with Crippen molar-refractivity contribution in [2.75, 3.05) is 14.2 Å². The molecule has 1 saturated carbocycles. The van der Waals surface area contributed by atoms with Gasteiger partial charge < -0.3 is 0 Å². The fraction of sp³-hybridized carbons (Fsp3) is 0.857. The first kappa shape index (κ1) is 9.38. The maximum Gasteiger partial charge on any atom is 0.257 e. The van der Waals surface area contributed by atoms with Crippen LogP contribution in [0.3, 0.4) is 0 Å². The second-order valence-corrected chi connectivity index (χ2v) is 2.94. The zero-order valence-corrected chi connectivity index (χ0v) is 7.01. The number of alkyl halides is 2. The first-order chi connectivity index (χ1) is 5.54. The van der Waals surface area contributed by atoms with E-state index >= 15 is 0 Å².